The number of hydrogen-bond acceptors (Lipinski definition) is 2. The molecule has 20 heavy (non-hydrogen) atoms. The van der Waals surface area contributed by atoms with Gasteiger partial charge in [-0.25, -0.2) is 0 Å². The highest BCUT2D eigenvalue weighted by molar-refractivity contribution is 6.25. The van der Waals surface area contributed by atoms with Crippen molar-refractivity contribution in [3.8, 4) is 0 Å². The predicted octanol–water partition coefficient (Wildman–Crippen LogP) is 3.11. The minimum Gasteiger partial charge on any atom is -0.409 e. The smallest absolute Gasteiger partial charge is 0.397 e. The fourth-order valence-electron chi connectivity index (χ4n) is 3.09. The summed E-state index contributed by atoms with van der Waals surface area (Å²) >= 11 is 0. The molecule has 0 saturated carbocycles. The minimum atomic E-state index is -0.448. The maximum absolute atomic E-state index is 6.15. The molecule has 1 saturated heterocycles. The Morgan fingerprint density at radius 1 is 0.950 bits per heavy atom. The number of hydrogen-bond donors (Lipinski definition) is 1. The van der Waals surface area contributed by atoms with Gasteiger partial charge in [-0.2, -0.15) is 0 Å². The van der Waals surface area contributed by atoms with E-state index in [-0.39, 0.29) is 6.04 Å². The highest BCUT2D eigenvalue weighted by Gasteiger charge is 2.48. The largest absolute Gasteiger partial charge is 0.409 e. The van der Waals surface area contributed by atoms with E-state index < -0.39 is 5.60 Å². The highest BCUT2D eigenvalue weighted by Crippen LogP contribution is 2.41. The SMILES string of the molecule is CC(C)[C@H]1N[B]OC1(c1ccccc1)c1ccccc1. The fourth-order valence-corrected chi connectivity index (χ4v) is 3.09. The molecule has 1 radical (unpaired) electrons. The standard InChI is InChI=1S/C17H19BNO/c1-13(2)16-17(20-18-19-16,14-9-5-3-6-10-14)15-11-7-4-8-12-15/h3-13,16,19H,1-2H3/t16-/m1/s1. The van der Waals surface area contributed by atoms with Crippen LogP contribution in [0.2, 0.25) is 0 Å². The van der Waals surface area contributed by atoms with E-state index in [9.17, 15) is 0 Å². The summed E-state index contributed by atoms with van der Waals surface area (Å²) in [6.45, 7) is 4.45. The van der Waals surface area contributed by atoms with Gasteiger partial charge in [0.25, 0.3) is 0 Å². The Hall–Kier alpha value is -1.58. The van der Waals surface area contributed by atoms with Crippen LogP contribution in [0, 0.1) is 5.92 Å². The van der Waals surface area contributed by atoms with Crippen molar-refractivity contribution in [3.63, 3.8) is 0 Å². The van der Waals surface area contributed by atoms with Crippen molar-refractivity contribution in [2.24, 2.45) is 5.92 Å². The first-order valence-electron chi connectivity index (χ1n) is 7.12. The topological polar surface area (TPSA) is 21.3 Å². The van der Waals surface area contributed by atoms with Crippen LogP contribution in [-0.4, -0.2) is 13.7 Å². The molecule has 3 heteroatoms. The van der Waals surface area contributed by atoms with Crippen LogP contribution in [0.25, 0.3) is 0 Å². The van der Waals surface area contributed by atoms with Crippen LogP contribution in [0.3, 0.4) is 0 Å². The van der Waals surface area contributed by atoms with Crippen molar-refractivity contribution in [2.75, 3.05) is 0 Å². The normalized spacial score (nSPS) is 20.9. The van der Waals surface area contributed by atoms with E-state index >= 15 is 0 Å². The lowest BCUT2D eigenvalue weighted by molar-refractivity contribution is 0.0991. The molecule has 0 spiro atoms. The van der Waals surface area contributed by atoms with Crippen LogP contribution in [0.5, 0.6) is 0 Å². The van der Waals surface area contributed by atoms with Gasteiger partial charge in [0.1, 0.15) is 5.60 Å². The summed E-state index contributed by atoms with van der Waals surface area (Å²) in [5, 5.41) is 3.40. The van der Waals surface area contributed by atoms with Crippen LogP contribution in [0.4, 0.5) is 0 Å². The van der Waals surface area contributed by atoms with E-state index in [0.29, 0.717) is 5.92 Å². The molecule has 2 nitrogen and oxygen atoms in total. The molecule has 1 atom stereocenters. The van der Waals surface area contributed by atoms with Crippen molar-refractivity contribution >= 4 is 7.62 Å². The number of rotatable bonds is 3. The second-order valence-corrected chi connectivity index (χ2v) is 5.59. The third-order valence-corrected chi connectivity index (χ3v) is 4.00. The molecule has 1 fully saturated rings. The van der Waals surface area contributed by atoms with Gasteiger partial charge >= 0.3 is 7.62 Å². The van der Waals surface area contributed by atoms with Gasteiger partial charge in [0.05, 0.1) is 0 Å². The fraction of sp³-hybridized carbons (Fsp3) is 0.294. The number of benzene rings is 2. The minimum absolute atomic E-state index is 0.215. The summed E-state index contributed by atoms with van der Waals surface area (Å²) < 4.78 is 6.15. The van der Waals surface area contributed by atoms with E-state index in [4.69, 9.17) is 4.65 Å². The van der Waals surface area contributed by atoms with Crippen molar-refractivity contribution in [2.45, 2.75) is 25.5 Å². The maximum Gasteiger partial charge on any atom is 0.397 e. The van der Waals surface area contributed by atoms with E-state index in [0.717, 1.165) is 0 Å². The summed E-state index contributed by atoms with van der Waals surface area (Å²) in [5.74, 6) is 0.453. The lowest BCUT2D eigenvalue weighted by atomic mass is 9.76. The Bertz CT molecular complexity index is 516. The summed E-state index contributed by atoms with van der Waals surface area (Å²) in [6.07, 6.45) is 0. The molecule has 0 unspecified atom stereocenters. The zero-order valence-electron chi connectivity index (χ0n) is 11.9. The molecule has 2 aromatic carbocycles. The molecule has 2 aromatic rings. The van der Waals surface area contributed by atoms with Gasteiger partial charge in [0.15, 0.2) is 0 Å². The van der Waals surface area contributed by atoms with Crippen LogP contribution < -0.4 is 5.23 Å². The van der Waals surface area contributed by atoms with E-state index in [1.807, 2.05) is 12.1 Å². The Balaban J connectivity index is 2.18. The van der Waals surface area contributed by atoms with Crippen LogP contribution >= 0.6 is 0 Å². The average molecular weight is 264 g/mol. The first kappa shape index (κ1) is 13.4. The Labute approximate surface area is 121 Å². The zero-order valence-corrected chi connectivity index (χ0v) is 11.9. The third kappa shape index (κ3) is 2.07. The first-order chi connectivity index (χ1) is 9.75. The third-order valence-electron chi connectivity index (χ3n) is 4.00. The zero-order chi connectivity index (χ0) is 14.0. The molecule has 1 aliphatic rings. The molecule has 0 amide bonds. The number of nitrogens with one attached hydrogen (secondary N) is 1. The van der Waals surface area contributed by atoms with Gasteiger partial charge < -0.3 is 9.88 Å². The van der Waals surface area contributed by atoms with Crippen molar-refractivity contribution < 1.29 is 4.65 Å². The Morgan fingerprint density at radius 2 is 1.45 bits per heavy atom. The molecule has 0 aliphatic carbocycles. The lowest BCUT2D eigenvalue weighted by Gasteiger charge is -2.38. The second-order valence-electron chi connectivity index (χ2n) is 5.59. The van der Waals surface area contributed by atoms with Crippen LogP contribution in [0.15, 0.2) is 60.7 Å². The second kappa shape index (κ2) is 5.43. The maximum atomic E-state index is 6.15. The summed E-state index contributed by atoms with van der Waals surface area (Å²) in [5.41, 5.74) is 1.92. The average Bonchev–Trinajstić information content (AvgIpc) is 2.95. The molecular weight excluding hydrogens is 245 g/mol. The molecule has 0 bridgehead atoms. The van der Waals surface area contributed by atoms with Crippen molar-refractivity contribution in [3.05, 3.63) is 71.8 Å². The van der Waals surface area contributed by atoms with E-state index in [2.05, 4.69) is 67.6 Å². The van der Waals surface area contributed by atoms with Gasteiger partial charge in [0.2, 0.25) is 0 Å². The van der Waals surface area contributed by atoms with Gasteiger partial charge in [-0.15, -0.1) is 0 Å². The Morgan fingerprint density at radius 3 is 1.90 bits per heavy atom. The van der Waals surface area contributed by atoms with Gasteiger partial charge in [0, 0.05) is 6.04 Å². The molecule has 0 aromatic heterocycles. The van der Waals surface area contributed by atoms with E-state index in [1.54, 1.807) is 7.62 Å². The Kier molecular flexibility index (Phi) is 3.64. The molecular formula is C17H19BNO. The monoisotopic (exact) mass is 264 g/mol. The van der Waals surface area contributed by atoms with E-state index in [1.165, 1.54) is 11.1 Å². The van der Waals surface area contributed by atoms with Gasteiger partial charge in [-0.3, -0.25) is 0 Å². The van der Waals surface area contributed by atoms with Crippen LogP contribution in [-0.2, 0) is 10.3 Å². The predicted molar refractivity (Wildman–Crippen MR) is 82.3 cm³/mol. The van der Waals surface area contributed by atoms with Gasteiger partial charge in [-0.05, 0) is 17.0 Å². The quantitative estimate of drug-likeness (QED) is 0.860. The van der Waals surface area contributed by atoms with Crippen molar-refractivity contribution in [1.82, 2.24) is 5.23 Å². The summed E-state index contributed by atoms with van der Waals surface area (Å²) in [7, 11) is 1.74. The first-order valence-corrected chi connectivity index (χ1v) is 7.12. The van der Waals surface area contributed by atoms with Gasteiger partial charge in [-0.1, -0.05) is 74.5 Å². The summed E-state index contributed by atoms with van der Waals surface area (Å²) in [6, 6.07) is 21.1. The summed E-state index contributed by atoms with van der Waals surface area (Å²) in [4.78, 5) is 0. The molecule has 1 N–H and O–H groups in total. The highest BCUT2D eigenvalue weighted by atomic mass is 16.5. The molecule has 101 valence electrons. The van der Waals surface area contributed by atoms with Crippen molar-refractivity contribution in [1.29, 1.82) is 0 Å². The molecule has 1 aliphatic heterocycles. The molecule has 1 heterocycles. The molecule has 3 rings (SSSR count). The lowest BCUT2D eigenvalue weighted by Crippen LogP contribution is -2.45. The van der Waals surface area contributed by atoms with Crippen LogP contribution in [0.1, 0.15) is 25.0 Å².